The van der Waals surface area contributed by atoms with E-state index in [0.717, 1.165) is 30.8 Å². The molecule has 0 aliphatic heterocycles. The summed E-state index contributed by atoms with van der Waals surface area (Å²) in [5.74, 6) is 0. The Bertz CT molecular complexity index is 303. The zero-order chi connectivity index (χ0) is 9.68. The number of ether oxygens (including phenoxy) is 1. The highest BCUT2D eigenvalue weighted by molar-refractivity contribution is 7.71. The minimum atomic E-state index is 0.815. The minimum absolute atomic E-state index is 0.815. The van der Waals surface area contributed by atoms with Gasteiger partial charge in [0.25, 0.3) is 0 Å². The number of rotatable bonds is 5. The van der Waals surface area contributed by atoms with Crippen LogP contribution < -0.4 is 0 Å². The molecule has 0 saturated heterocycles. The summed E-state index contributed by atoms with van der Waals surface area (Å²) in [5.41, 5.74) is 1.20. The summed E-state index contributed by atoms with van der Waals surface area (Å²) in [6, 6.07) is 0. The highest BCUT2D eigenvalue weighted by Gasteiger charge is 1.97. The fraction of sp³-hybridized carbons (Fsp3) is 0.667. The van der Waals surface area contributed by atoms with Gasteiger partial charge in [0.1, 0.15) is 0 Å². The average Bonchev–Trinajstić information content (AvgIpc) is 2.42. The van der Waals surface area contributed by atoms with Gasteiger partial charge >= 0.3 is 0 Å². The van der Waals surface area contributed by atoms with Gasteiger partial charge in [-0.2, -0.15) is 0 Å². The lowest BCUT2D eigenvalue weighted by Gasteiger charge is -2.04. The zero-order valence-corrected chi connectivity index (χ0v) is 8.99. The number of H-pyrrole nitrogens is 1. The summed E-state index contributed by atoms with van der Waals surface area (Å²) in [5, 5.41) is 0. The summed E-state index contributed by atoms with van der Waals surface area (Å²) in [6.07, 6.45) is 4.14. The smallest absolute Gasteiger partial charge is 0.177 e. The van der Waals surface area contributed by atoms with Crippen molar-refractivity contribution in [2.24, 2.45) is 0 Å². The van der Waals surface area contributed by atoms with E-state index in [2.05, 4.69) is 16.5 Å². The van der Waals surface area contributed by atoms with Gasteiger partial charge in [0.15, 0.2) is 4.77 Å². The van der Waals surface area contributed by atoms with E-state index in [1.165, 1.54) is 5.69 Å². The Balaban J connectivity index is 2.40. The van der Waals surface area contributed by atoms with Crippen molar-refractivity contribution in [2.45, 2.75) is 26.3 Å². The van der Waals surface area contributed by atoms with E-state index >= 15 is 0 Å². The number of imidazole rings is 1. The Morgan fingerprint density at radius 3 is 2.85 bits per heavy atom. The molecule has 1 aromatic rings. The number of nitrogens with zero attached hydrogens (tertiary/aromatic N) is 1. The van der Waals surface area contributed by atoms with Gasteiger partial charge in [0.05, 0.1) is 0 Å². The third kappa shape index (κ3) is 2.97. The van der Waals surface area contributed by atoms with Gasteiger partial charge in [0.2, 0.25) is 0 Å². The number of nitrogens with one attached hydrogen (secondary N) is 1. The first kappa shape index (κ1) is 10.5. The molecule has 1 N–H and O–H groups in total. The second-order valence-corrected chi connectivity index (χ2v) is 3.47. The summed E-state index contributed by atoms with van der Waals surface area (Å²) in [6.45, 7) is 3.87. The summed E-state index contributed by atoms with van der Waals surface area (Å²) in [7, 11) is 1.73. The molecule has 0 aliphatic carbocycles. The highest BCUT2D eigenvalue weighted by Crippen LogP contribution is 2.02. The van der Waals surface area contributed by atoms with Gasteiger partial charge in [-0.05, 0) is 32.0 Å². The molecule has 0 fully saturated rings. The van der Waals surface area contributed by atoms with Crippen LogP contribution in [0.2, 0.25) is 0 Å². The zero-order valence-electron chi connectivity index (χ0n) is 8.17. The molecule has 13 heavy (non-hydrogen) atoms. The van der Waals surface area contributed by atoms with Gasteiger partial charge in [-0.3, -0.25) is 0 Å². The Morgan fingerprint density at radius 2 is 2.31 bits per heavy atom. The summed E-state index contributed by atoms with van der Waals surface area (Å²) < 4.78 is 7.91. The Hall–Kier alpha value is -0.610. The van der Waals surface area contributed by atoms with Crippen LogP contribution in [-0.2, 0) is 11.3 Å². The maximum atomic E-state index is 5.13. The van der Waals surface area contributed by atoms with Crippen molar-refractivity contribution in [3.05, 3.63) is 16.7 Å². The fourth-order valence-electron chi connectivity index (χ4n) is 1.28. The predicted octanol–water partition coefficient (Wildman–Crippen LogP) is 2.28. The number of methoxy groups -OCH3 is 1. The van der Waals surface area contributed by atoms with Crippen LogP contribution >= 0.6 is 12.2 Å². The van der Waals surface area contributed by atoms with E-state index in [1.54, 1.807) is 7.11 Å². The van der Waals surface area contributed by atoms with Crippen molar-refractivity contribution >= 4 is 12.2 Å². The van der Waals surface area contributed by atoms with Gasteiger partial charge in [-0.1, -0.05) is 0 Å². The Labute approximate surface area is 83.7 Å². The van der Waals surface area contributed by atoms with E-state index in [1.807, 2.05) is 6.20 Å². The van der Waals surface area contributed by atoms with E-state index in [-0.39, 0.29) is 0 Å². The second-order valence-electron chi connectivity index (χ2n) is 3.09. The van der Waals surface area contributed by atoms with Crippen molar-refractivity contribution < 1.29 is 4.74 Å². The molecule has 0 aliphatic rings. The molecule has 4 heteroatoms. The van der Waals surface area contributed by atoms with Gasteiger partial charge < -0.3 is 14.3 Å². The van der Waals surface area contributed by atoms with Crippen LogP contribution in [0.4, 0.5) is 0 Å². The van der Waals surface area contributed by atoms with Gasteiger partial charge in [-0.15, -0.1) is 0 Å². The molecular formula is C9H16N2OS. The van der Waals surface area contributed by atoms with Crippen LogP contribution in [-0.4, -0.2) is 23.3 Å². The van der Waals surface area contributed by atoms with E-state index in [4.69, 9.17) is 17.0 Å². The number of aromatic amines is 1. The number of hydrogen-bond donors (Lipinski definition) is 1. The van der Waals surface area contributed by atoms with E-state index in [9.17, 15) is 0 Å². The average molecular weight is 200 g/mol. The topological polar surface area (TPSA) is 29.9 Å². The second kappa shape index (κ2) is 5.19. The van der Waals surface area contributed by atoms with Crippen LogP contribution in [0.15, 0.2) is 6.20 Å². The molecule has 0 bridgehead atoms. The van der Waals surface area contributed by atoms with Crippen LogP contribution in [0.25, 0.3) is 0 Å². The summed E-state index contributed by atoms with van der Waals surface area (Å²) >= 11 is 5.13. The molecule has 0 amide bonds. The lowest BCUT2D eigenvalue weighted by Crippen LogP contribution is -2.01. The number of aromatic nitrogens is 2. The molecule has 0 radical (unpaired) electrons. The monoisotopic (exact) mass is 200 g/mol. The number of unbranched alkanes of at least 4 members (excludes halogenated alkanes) is 1. The molecule has 1 rings (SSSR count). The third-order valence-corrected chi connectivity index (χ3v) is 2.39. The number of aryl methyl sites for hydroxylation is 1. The van der Waals surface area contributed by atoms with Crippen LogP contribution in [0.5, 0.6) is 0 Å². The van der Waals surface area contributed by atoms with Crippen molar-refractivity contribution in [1.29, 1.82) is 0 Å². The lowest BCUT2D eigenvalue weighted by atomic mass is 10.3. The third-order valence-electron chi connectivity index (χ3n) is 2.06. The van der Waals surface area contributed by atoms with Gasteiger partial charge in [-0.25, -0.2) is 0 Å². The minimum Gasteiger partial charge on any atom is -0.385 e. The van der Waals surface area contributed by atoms with E-state index < -0.39 is 0 Å². The fourth-order valence-corrected chi connectivity index (χ4v) is 1.57. The van der Waals surface area contributed by atoms with Crippen LogP contribution in [0.1, 0.15) is 18.5 Å². The first-order chi connectivity index (χ1) is 6.25. The molecule has 1 aromatic heterocycles. The van der Waals surface area contributed by atoms with Crippen molar-refractivity contribution in [1.82, 2.24) is 9.55 Å². The predicted molar refractivity (Wildman–Crippen MR) is 55.5 cm³/mol. The highest BCUT2D eigenvalue weighted by atomic mass is 32.1. The first-order valence-electron chi connectivity index (χ1n) is 4.49. The quantitative estimate of drug-likeness (QED) is 0.584. The molecule has 0 spiro atoms. The molecular weight excluding hydrogens is 184 g/mol. The molecule has 0 aromatic carbocycles. The summed E-state index contributed by atoms with van der Waals surface area (Å²) in [4.78, 5) is 3.02. The first-order valence-corrected chi connectivity index (χ1v) is 4.90. The normalized spacial score (nSPS) is 10.6. The largest absolute Gasteiger partial charge is 0.385 e. The Morgan fingerprint density at radius 1 is 1.54 bits per heavy atom. The molecule has 1 heterocycles. The maximum Gasteiger partial charge on any atom is 0.177 e. The molecule has 0 atom stereocenters. The van der Waals surface area contributed by atoms with Crippen molar-refractivity contribution in [3.8, 4) is 0 Å². The van der Waals surface area contributed by atoms with Crippen molar-refractivity contribution in [3.63, 3.8) is 0 Å². The molecule has 0 unspecified atom stereocenters. The SMILES string of the molecule is COCCCCn1c(C)c[nH]c1=S. The van der Waals surface area contributed by atoms with Crippen LogP contribution in [0.3, 0.4) is 0 Å². The van der Waals surface area contributed by atoms with Gasteiger partial charge in [0, 0.05) is 32.2 Å². The lowest BCUT2D eigenvalue weighted by molar-refractivity contribution is 0.191. The number of hydrogen-bond acceptors (Lipinski definition) is 2. The molecule has 74 valence electrons. The molecule has 3 nitrogen and oxygen atoms in total. The van der Waals surface area contributed by atoms with Crippen LogP contribution in [0, 0.1) is 11.7 Å². The standard InChI is InChI=1S/C9H16N2OS/c1-8-7-10-9(13)11(8)5-3-4-6-12-2/h7H,3-6H2,1-2H3,(H,10,13). The Kier molecular flexibility index (Phi) is 4.18. The maximum absolute atomic E-state index is 5.13. The molecule has 0 saturated carbocycles. The van der Waals surface area contributed by atoms with E-state index in [0.29, 0.717) is 0 Å². The van der Waals surface area contributed by atoms with Crippen molar-refractivity contribution in [2.75, 3.05) is 13.7 Å².